The number of carbonyl (C=O) groups is 1. The van der Waals surface area contributed by atoms with Crippen LogP contribution < -0.4 is 0 Å². The van der Waals surface area contributed by atoms with E-state index in [-0.39, 0.29) is 11.5 Å². The van der Waals surface area contributed by atoms with Crippen molar-refractivity contribution in [3.8, 4) is 0 Å². The van der Waals surface area contributed by atoms with Gasteiger partial charge in [0.25, 0.3) is 0 Å². The van der Waals surface area contributed by atoms with Gasteiger partial charge < -0.3 is 9.84 Å². The molecule has 1 aliphatic rings. The molecule has 1 rings (SSSR count). The van der Waals surface area contributed by atoms with Crippen molar-refractivity contribution in [3.05, 3.63) is 0 Å². The van der Waals surface area contributed by atoms with Crippen molar-refractivity contribution in [2.75, 3.05) is 0 Å². The van der Waals surface area contributed by atoms with E-state index in [1.54, 1.807) is 0 Å². The highest BCUT2D eigenvalue weighted by Gasteiger charge is 2.52. The Morgan fingerprint density at radius 3 is 2.55 bits per heavy atom. The zero-order valence-electron chi connectivity index (χ0n) is 7.13. The van der Waals surface area contributed by atoms with E-state index in [1.807, 2.05) is 6.92 Å². The molecule has 0 aromatic carbocycles. The molecule has 0 bridgehead atoms. The lowest BCUT2D eigenvalue weighted by Gasteiger charge is -2.18. The molecule has 0 radical (unpaired) electrons. The molecule has 1 saturated carbocycles. The van der Waals surface area contributed by atoms with E-state index in [0.29, 0.717) is 5.92 Å². The highest BCUT2D eigenvalue weighted by molar-refractivity contribution is 5.57. The van der Waals surface area contributed by atoms with Gasteiger partial charge in [0, 0.05) is 5.41 Å². The van der Waals surface area contributed by atoms with Crippen LogP contribution in [-0.4, -0.2) is 17.4 Å². The Morgan fingerprint density at radius 2 is 2.27 bits per heavy atom. The highest BCUT2D eigenvalue weighted by atomic mass is 16.7. The van der Waals surface area contributed by atoms with Crippen LogP contribution in [0.15, 0.2) is 0 Å². The average molecular weight is 158 g/mol. The smallest absolute Gasteiger partial charge is 0.450 e. The van der Waals surface area contributed by atoms with Crippen LogP contribution in [0.3, 0.4) is 0 Å². The van der Waals surface area contributed by atoms with Crippen LogP contribution in [-0.2, 0) is 4.74 Å². The molecule has 0 saturated heterocycles. The van der Waals surface area contributed by atoms with Gasteiger partial charge >= 0.3 is 6.16 Å². The second-order valence-corrected chi connectivity index (χ2v) is 3.64. The van der Waals surface area contributed by atoms with Gasteiger partial charge in [0.05, 0.1) is 0 Å². The Balaban J connectivity index is 2.43. The first-order valence-electron chi connectivity index (χ1n) is 3.86. The number of hydrogen-bond donors (Lipinski definition) is 1. The molecule has 3 unspecified atom stereocenters. The van der Waals surface area contributed by atoms with E-state index in [0.717, 1.165) is 6.42 Å². The van der Waals surface area contributed by atoms with E-state index in [9.17, 15) is 4.79 Å². The Bertz CT molecular complexity index is 178. The van der Waals surface area contributed by atoms with Crippen LogP contribution in [0.5, 0.6) is 0 Å². The maximum absolute atomic E-state index is 10.2. The molecule has 0 heterocycles. The van der Waals surface area contributed by atoms with Gasteiger partial charge in [0.15, 0.2) is 0 Å². The van der Waals surface area contributed by atoms with E-state index in [4.69, 9.17) is 5.11 Å². The minimum atomic E-state index is -1.17. The number of ether oxygens (including phenoxy) is 1. The van der Waals surface area contributed by atoms with Crippen molar-refractivity contribution < 1.29 is 14.6 Å². The van der Waals surface area contributed by atoms with Crippen molar-refractivity contribution in [1.29, 1.82) is 0 Å². The molecule has 0 amide bonds. The highest BCUT2D eigenvalue weighted by Crippen LogP contribution is 2.55. The lowest BCUT2D eigenvalue weighted by atomic mass is 10.0. The first-order chi connectivity index (χ1) is 4.97. The quantitative estimate of drug-likeness (QED) is 0.626. The standard InChI is InChI=1S/C8H14O3/c1-5-4-8(5,3)6(2)11-7(9)10/h5-6H,4H2,1-3H3,(H,9,10). The molecule has 0 spiro atoms. The molecule has 3 atom stereocenters. The molecular formula is C8H14O3. The third-order valence-corrected chi connectivity index (χ3v) is 2.92. The molecule has 0 aliphatic heterocycles. The van der Waals surface area contributed by atoms with Gasteiger partial charge in [-0.1, -0.05) is 13.8 Å². The maximum Gasteiger partial charge on any atom is 0.506 e. The SMILES string of the molecule is CC1CC1(C)C(C)OC(=O)O. The minimum absolute atomic E-state index is 0.0956. The molecule has 1 N–H and O–H groups in total. The van der Waals surface area contributed by atoms with Crippen LogP contribution in [0.4, 0.5) is 4.79 Å². The maximum atomic E-state index is 10.2. The van der Waals surface area contributed by atoms with Crippen LogP contribution in [0.1, 0.15) is 27.2 Å². The summed E-state index contributed by atoms with van der Waals surface area (Å²) in [5.74, 6) is 0.594. The summed E-state index contributed by atoms with van der Waals surface area (Å²) < 4.78 is 4.66. The van der Waals surface area contributed by atoms with Gasteiger partial charge in [-0.15, -0.1) is 0 Å². The molecule has 3 heteroatoms. The van der Waals surface area contributed by atoms with Crippen molar-refractivity contribution in [1.82, 2.24) is 0 Å². The summed E-state index contributed by atoms with van der Waals surface area (Å²) in [6, 6.07) is 0. The second-order valence-electron chi connectivity index (χ2n) is 3.64. The predicted octanol–water partition coefficient (Wildman–Crippen LogP) is 2.12. The Labute approximate surface area is 66.4 Å². The van der Waals surface area contributed by atoms with Gasteiger partial charge in [0.2, 0.25) is 0 Å². The van der Waals surface area contributed by atoms with E-state index in [1.165, 1.54) is 0 Å². The fourth-order valence-electron chi connectivity index (χ4n) is 1.45. The topological polar surface area (TPSA) is 46.5 Å². The molecule has 64 valence electrons. The summed E-state index contributed by atoms with van der Waals surface area (Å²) in [5, 5.41) is 8.34. The van der Waals surface area contributed by atoms with Gasteiger partial charge in [-0.25, -0.2) is 4.79 Å². The predicted molar refractivity (Wildman–Crippen MR) is 40.5 cm³/mol. The molecule has 1 fully saturated rings. The zero-order valence-corrected chi connectivity index (χ0v) is 7.13. The third-order valence-electron chi connectivity index (χ3n) is 2.92. The molecule has 3 nitrogen and oxygen atoms in total. The van der Waals surface area contributed by atoms with Crippen LogP contribution in [0.25, 0.3) is 0 Å². The summed E-state index contributed by atoms with van der Waals surface area (Å²) in [6.45, 7) is 5.99. The molecule has 11 heavy (non-hydrogen) atoms. The largest absolute Gasteiger partial charge is 0.506 e. The van der Waals surface area contributed by atoms with Crippen molar-refractivity contribution in [3.63, 3.8) is 0 Å². The lowest BCUT2D eigenvalue weighted by Crippen LogP contribution is -2.23. The van der Waals surface area contributed by atoms with Crippen molar-refractivity contribution >= 4 is 6.16 Å². The lowest BCUT2D eigenvalue weighted by molar-refractivity contribution is 0.0270. The molecular weight excluding hydrogens is 144 g/mol. The van der Waals surface area contributed by atoms with Crippen LogP contribution >= 0.6 is 0 Å². The first kappa shape index (κ1) is 8.37. The van der Waals surface area contributed by atoms with Crippen molar-refractivity contribution in [2.45, 2.75) is 33.3 Å². The van der Waals surface area contributed by atoms with Gasteiger partial charge in [-0.05, 0) is 19.3 Å². The van der Waals surface area contributed by atoms with Crippen LogP contribution in [0.2, 0.25) is 0 Å². The molecule has 1 aliphatic carbocycles. The fourth-order valence-corrected chi connectivity index (χ4v) is 1.45. The summed E-state index contributed by atoms with van der Waals surface area (Å²) in [5.41, 5.74) is 0.0956. The number of rotatable bonds is 2. The van der Waals surface area contributed by atoms with Gasteiger partial charge in [0.1, 0.15) is 6.10 Å². The Hall–Kier alpha value is -0.730. The molecule has 0 aromatic rings. The summed E-state index contributed by atoms with van der Waals surface area (Å²) in [7, 11) is 0. The normalized spacial score (nSPS) is 37.9. The first-order valence-corrected chi connectivity index (χ1v) is 3.86. The Kier molecular flexibility index (Phi) is 1.82. The van der Waals surface area contributed by atoms with Crippen molar-refractivity contribution in [2.24, 2.45) is 11.3 Å². The summed E-state index contributed by atoms with van der Waals surface area (Å²) in [4.78, 5) is 10.2. The number of carboxylic acid groups (broad SMARTS) is 1. The summed E-state index contributed by atoms with van der Waals surface area (Å²) >= 11 is 0. The summed E-state index contributed by atoms with van der Waals surface area (Å²) in [6.07, 6.45) is -0.269. The van der Waals surface area contributed by atoms with Gasteiger partial charge in [-0.2, -0.15) is 0 Å². The zero-order chi connectivity index (χ0) is 8.65. The van der Waals surface area contributed by atoms with E-state index < -0.39 is 6.16 Å². The number of hydrogen-bond acceptors (Lipinski definition) is 2. The monoisotopic (exact) mass is 158 g/mol. The van der Waals surface area contributed by atoms with Crippen LogP contribution in [0, 0.1) is 11.3 Å². The fraction of sp³-hybridized carbons (Fsp3) is 0.875. The van der Waals surface area contributed by atoms with E-state index in [2.05, 4.69) is 18.6 Å². The van der Waals surface area contributed by atoms with Gasteiger partial charge in [-0.3, -0.25) is 0 Å². The minimum Gasteiger partial charge on any atom is -0.450 e. The Morgan fingerprint density at radius 1 is 1.82 bits per heavy atom. The third kappa shape index (κ3) is 1.47. The molecule has 0 aromatic heterocycles. The second kappa shape index (κ2) is 2.40. The van der Waals surface area contributed by atoms with E-state index >= 15 is 0 Å². The average Bonchev–Trinajstić information content (AvgIpc) is 2.40.